The van der Waals surface area contributed by atoms with Crippen LogP contribution in [-0.2, 0) is 15.6 Å². The van der Waals surface area contributed by atoms with Crippen molar-refractivity contribution in [3.05, 3.63) is 47.0 Å². The van der Waals surface area contributed by atoms with Crippen molar-refractivity contribution in [3.8, 4) is 0 Å². The van der Waals surface area contributed by atoms with E-state index in [4.69, 9.17) is 11.6 Å². The molecule has 3 rings (SSSR count). The van der Waals surface area contributed by atoms with E-state index in [1.807, 2.05) is 0 Å². The molecule has 6 nitrogen and oxygen atoms in total. The maximum absolute atomic E-state index is 12.5. The second kappa shape index (κ2) is 8.33. The molecule has 0 amide bonds. The summed E-state index contributed by atoms with van der Waals surface area (Å²) in [4.78, 5) is 2.44. The maximum Gasteiger partial charge on any atom is 0.201 e. The van der Waals surface area contributed by atoms with Gasteiger partial charge in [0.1, 0.15) is 5.82 Å². The second-order valence-electron chi connectivity index (χ2n) is 6.45. The summed E-state index contributed by atoms with van der Waals surface area (Å²) >= 11 is 5.83. The highest BCUT2D eigenvalue weighted by molar-refractivity contribution is 7.90. The van der Waals surface area contributed by atoms with Gasteiger partial charge in [-0.05, 0) is 55.8 Å². The summed E-state index contributed by atoms with van der Waals surface area (Å²) in [6.07, 6.45) is 2.38. The van der Waals surface area contributed by atoms with Crippen LogP contribution in [0, 0.1) is 0 Å². The van der Waals surface area contributed by atoms with Crippen molar-refractivity contribution >= 4 is 27.3 Å². The molecule has 2 aromatic rings. The highest BCUT2D eigenvalue weighted by Crippen LogP contribution is 2.19. The summed E-state index contributed by atoms with van der Waals surface area (Å²) in [6.45, 7) is 5.13. The third-order valence-electron chi connectivity index (χ3n) is 4.65. The van der Waals surface area contributed by atoms with Crippen LogP contribution in [0.2, 0.25) is 5.02 Å². The van der Waals surface area contributed by atoms with E-state index in [1.54, 1.807) is 30.3 Å². The highest BCUT2D eigenvalue weighted by atomic mass is 35.5. The minimum atomic E-state index is -3.54. The van der Waals surface area contributed by atoms with E-state index in [-0.39, 0.29) is 10.8 Å². The molecule has 0 spiro atoms. The zero-order chi connectivity index (χ0) is 18.6. The summed E-state index contributed by atoms with van der Waals surface area (Å²) in [6, 6.07) is 10.4. The van der Waals surface area contributed by atoms with Gasteiger partial charge in [0.2, 0.25) is 9.84 Å². The Morgan fingerprint density at radius 1 is 1.19 bits per heavy atom. The van der Waals surface area contributed by atoms with Gasteiger partial charge in [0.05, 0.1) is 5.75 Å². The molecule has 0 saturated carbocycles. The molecule has 1 aliphatic rings. The van der Waals surface area contributed by atoms with E-state index in [1.165, 1.54) is 18.9 Å². The number of likely N-dealkylation sites (tertiary alicyclic amines) is 1. The summed E-state index contributed by atoms with van der Waals surface area (Å²) < 4.78 is 25.0. The number of nitrogens with zero attached hydrogens (tertiary/aromatic N) is 3. The van der Waals surface area contributed by atoms with Crippen molar-refractivity contribution in [2.24, 2.45) is 0 Å². The predicted molar refractivity (Wildman–Crippen MR) is 103 cm³/mol. The minimum Gasteiger partial charge on any atom is -0.367 e. The Hall–Kier alpha value is -1.70. The van der Waals surface area contributed by atoms with Crippen LogP contribution in [0.15, 0.2) is 41.4 Å². The molecule has 1 aliphatic heterocycles. The van der Waals surface area contributed by atoms with Crippen molar-refractivity contribution in [3.63, 3.8) is 0 Å². The summed E-state index contributed by atoms with van der Waals surface area (Å²) in [5.74, 6) is 0.470. The highest BCUT2D eigenvalue weighted by Gasteiger charge is 2.23. The van der Waals surface area contributed by atoms with Crippen molar-refractivity contribution in [2.75, 3.05) is 25.0 Å². The van der Waals surface area contributed by atoms with Gasteiger partial charge in [0.15, 0.2) is 5.03 Å². The number of hydrogen-bond donors (Lipinski definition) is 1. The second-order valence-corrected chi connectivity index (χ2v) is 8.82. The quantitative estimate of drug-likeness (QED) is 0.778. The predicted octanol–water partition coefficient (Wildman–Crippen LogP) is 3.00. The van der Waals surface area contributed by atoms with E-state index in [2.05, 4.69) is 27.3 Å². The van der Waals surface area contributed by atoms with Crippen LogP contribution in [0.1, 0.15) is 25.3 Å². The fourth-order valence-electron chi connectivity index (χ4n) is 3.22. The first-order chi connectivity index (χ1) is 12.5. The monoisotopic (exact) mass is 394 g/mol. The lowest BCUT2D eigenvalue weighted by molar-refractivity contribution is 0.277. The van der Waals surface area contributed by atoms with Gasteiger partial charge in [-0.3, -0.25) is 4.90 Å². The van der Waals surface area contributed by atoms with E-state index in [0.717, 1.165) is 19.6 Å². The normalized spacial score (nSPS) is 18.2. The number of likely N-dealkylation sites (N-methyl/N-ethyl adjacent to an activating group) is 1. The van der Waals surface area contributed by atoms with E-state index in [0.29, 0.717) is 22.4 Å². The van der Waals surface area contributed by atoms with Crippen LogP contribution >= 0.6 is 11.6 Å². The number of aromatic nitrogens is 2. The molecule has 0 unspecified atom stereocenters. The molecular weight excluding hydrogens is 372 g/mol. The summed E-state index contributed by atoms with van der Waals surface area (Å²) in [7, 11) is -3.54. The molecule has 1 saturated heterocycles. The Balaban J connectivity index is 1.62. The fourth-order valence-corrected chi connectivity index (χ4v) is 4.56. The van der Waals surface area contributed by atoms with Crippen LogP contribution in [0.3, 0.4) is 0 Å². The fraction of sp³-hybridized carbons (Fsp3) is 0.444. The van der Waals surface area contributed by atoms with E-state index < -0.39 is 9.84 Å². The van der Waals surface area contributed by atoms with Gasteiger partial charge in [-0.15, -0.1) is 10.2 Å². The molecule has 1 aromatic heterocycles. The average Bonchev–Trinajstić information content (AvgIpc) is 3.10. The Morgan fingerprint density at radius 3 is 2.62 bits per heavy atom. The Morgan fingerprint density at radius 2 is 1.96 bits per heavy atom. The zero-order valence-electron chi connectivity index (χ0n) is 14.7. The molecule has 1 fully saturated rings. The Kier molecular flexibility index (Phi) is 6.11. The van der Waals surface area contributed by atoms with Crippen LogP contribution < -0.4 is 5.32 Å². The van der Waals surface area contributed by atoms with Crippen LogP contribution in [0.25, 0.3) is 0 Å². The zero-order valence-corrected chi connectivity index (χ0v) is 16.3. The minimum absolute atomic E-state index is 0.0194. The van der Waals surface area contributed by atoms with Gasteiger partial charge in [-0.2, -0.15) is 0 Å². The average molecular weight is 395 g/mol. The molecular formula is C18H23ClN4O2S. The third-order valence-corrected chi connectivity index (χ3v) is 6.47. The van der Waals surface area contributed by atoms with Crippen LogP contribution in [0.5, 0.6) is 0 Å². The number of hydrogen-bond acceptors (Lipinski definition) is 6. The standard InChI is InChI=1S/C18H23ClN4O2S/c1-2-23-11-3-4-16(23)12-20-17-9-10-18(22-21-17)26(24,25)13-14-5-7-15(19)8-6-14/h5-10,16H,2-4,11-13H2,1H3,(H,20,21)/t16-/m1/s1. The first-order valence-corrected chi connectivity index (χ1v) is 10.8. The third kappa shape index (κ3) is 4.72. The Labute approximate surface area is 159 Å². The number of nitrogens with one attached hydrogen (secondary N) is 1. The molecule has 8 heteroatoms. The van der Waals surface area contributed by atoms with Gasteiger partial charge < -0.3 is 5.32 Å². The molecule has 26 heavy (non-hydrogen) atoms. The molecule has 1 aromatic carbocycles. The maximum atomic E-state index is 12.5. The smallest absolute Gasteiger partial charge is 0.201 e. The van der Waals surface area contributed by atoms with Crippen molar-refractivity contribution in [2.45, 2.75) is 36.6 Å². The van der Waals surface area contributed by atoms with Gasteiger partial charge in [-0.1, -0.05) is 30.7 Å². The van der Waals surface area contributed by atoms with Gasteiger partial charge in [-0.25, -0.2) is 8.42 Å². The number of sulfone groups is 1. The van der Waals surface area contributed by atoms with Crippen LogP contribution in [-0.4, -0.2) is 49.2 Å². The number of anilines is 1. The first-order valence-electron chi connectivity index (χ1n) is 8.77. The van der Waals surface area contributed by atoms with Crippen molar-refractivity contribution in [1.82, 2.24) is 15.1 Å². The number of benzene rings is 1. The first kappa shape index (κ1) is 19.1. The lowest BCUT2D eigenvalue weighted by Crippen LogP contribution is -2.34. The Bertz CT molecular complexity index is 825. The van der Waals surface area contributed by atoms with E-state index in [9.17, 15) is 8.42 Å². The van der Waals surface area contributed by atoms with Gasteiger partial charge in [0.25, 0.3) is 0 Å². The molecule has 0 aliphatic carbocycles. The van der Waals surface area contributed by atoms with Gasteiger partial charge >= 0.3 is 0 Å². The summed E-state index contributed by atoms with van der Waals surface area (Å²) in [5, 5.41) is 11.8. The largest absolute Gasteiger partial charge is 0.367 e. The number of rotatable bonds is 7. The SMILES string of the molecule is CCN1CCC[C@@H]1CNc1ccc(S(=O)(=O)Cc2ccc(Cl)cc2)nn1. The van der Waals surface area contributed by atoms with Crippen molar-refractivity contribution < 1.29 is 8.42 Å². The van der Waals surface area contributed by atoms with Crippen LogP contribution in [0.4, 0.5) is 5.82 Å². The number of halogens is 1. The molecule has 140 valence electrons. The van der Waals surface area contributed by atoms with Gasteiger partial charge in [0, 0.05) is 17.6 Å². The molecule has 1 N–H and O–H groups in total. The lowest BCUT2D eigenvalue weighted by atomic mass is 10.2. The topological polar surface area (TPSA) is 75.2 Å². The molecule has 0 radical (unpaired) electrons. The van der Waals surface area contributed by atoms with E-state index >= 15 is 0 Å². The lowest BCUT2D eigenvalue weighted by Gasteiger charge is -2.22. The summed E-state index contributed by atoms with van der Waals surface area (Å²) in [5.41, 5.74) is 0.666. The molecule has 0 bridgehead atoms. The molecule has 1 atom stereocenters. The molecule has 2 heterocycles. The van der Waals surface area contributed by atoms with Crippen molar-refractivity contribution in [1.29, 1.82) is 0 Å².